The number of aliphatic hydroxyl groups is 1. The number of β-amino-alcohol motifs (C(OH)–C–C–N with tert-alkyl or cyclic N) is 1. The Bertz CT molecular complexity index is 289. The summed E-state index contributed by atoms with van der Waals surface area (Å²) in [5, 5.41) is 12.6. The molecular weight excluding hydrogens is 190 g/mol. The van der Waals surface area contributed by atoms with Crippen molar-refractivity contribution in [2.24, 2.45) is 5.92 Å². The Morgan fingerprint density at radius 2 is 2.07 bits per heavy atom. The van der Waals surface area contributed by atoms with Crippen molar-refractivity contribution in [2.45, 2.75) is 12.5 Å². The molecule has 82 valence electrons. The predicted octanol–water partition coefficient (Wildman–Crippen LogP) is 1.04. The van der Waals surface area contributed by atoms with Crippen molar-refractivity contribution in [1.82, 2.24) is 5.32 Å². The summed E-state index contributed by atoms with van der Waals surface area (Å²) in [5.74, 6) is 1.31. The standard InChI is InChI=1S/C12H17NO2/c14-11-6-10(7-13-8-11)9-15-12-4-2-1-3-5-12/h1-5,10-11,13-14H,6-9H2. The maximum atomic E-state index is 9.46. The summed E-state index contributed by atoms with van der Waals surface area (Å²) in [6.45, 7) is 2.32. The first kappa shape index (κ1) is 10.5. The Kier molecular flexibility index (Phi) is 3.59. The molecule has 0 aliphatic carbocycles. The van der Waals surface area contributed by atoms with E-state index in [0.29, 0.717) is 19.1 Å². The minimum absolute atomic E-state index is 0.219. The summed E-state index contributed by atoms with van der Waals surface area (Å²) in [6, 6.07) is 9.80. The molecule has 1 saturated heterocycles. The average molecular weight is 207 g/mol. The van der Waals surface area contributed by atoms with Crippen LogP contribution in [0.4, 0.5) is 0 Å². The zero-order chi connectivity index (χ0) is 10.5. The number of piperidine rings is 1. The molecular formula is C12H17NO2. The van der Waals surface area contributed by atoms with Crippen molar-refractivity contribution in [3.05, 3.63) is 30.3 Å². The fraction of sp³-hybridized carbons (Fsp3) is 0.500. The maximum Gasteiger partial charge on any atom is 0.119 e. The van der Waals surface area contributed by atoms with Crippen molar-refractivity contribution in [2.75, 3.05) is 19.7 Å². The zero-order valence-electron chi connectivity index (χ0n) is 8.73. The van der Waals surface area contributed by atoms with Crippen LogP contribution >= 0.6 is 0 Å². The SMILES string of the molecule is OC1CNCC(COc2ccccc2)C1. The lowest BCUT2D eigenvalue weighted by Crippen LogP contribution is -2.41. The number of rotatable bonds is 3. The van der Waals surface area contributed by atoms with Gasteiger partial charge in [-0.2, -0.15) is 0 Å². The lowest BCUT2D eigenvalue weighted by molar-refractivity contribution is 0.0933. The van der Waals surface area contributed by atoms with Gasteiger partial charge < -0.3 is 15.2 Å². The van der Waals surface area contributed by atoms with Crippen LogP contribution in [0.15, 0.2) is 30.3 Å². The van der Waals surface area contributed by atoms with Gasteiger partial charge in [-0.05, 0) is 18.6 Å². The third kappa shape index (κ3) is 3.22. The van der Waals surface area contributed by atoms with E-state index in [2.05, 4.69) is 5.32 Å². The highest BCUT2D eigenvalue weighted by Gasteiger charge is 2.19. The molecule has 15 heavy (non-hydrogen) atoms. The van der Waals surface area contributed by atoms with Gasteiger partial charge in [0.1, 0.15) is 5.75 Å². The molecule has 3 nitrogen and oxygen atoms in total. The molecule has 1 aromatic rings. The Morgan fingerprint density at radius 3 is 2.80 bits per heavy atom. The third-order valence-corrected chi connectivity index (χ3v) is 2.65. The molecule has 0 saturated carbocycles. The van der Waals surface area contributed by atoms with Gasteiger partial charge in [0.25, 0.3) is 0 Å². The fourth-order valence-electron chi connectivity index (χ4n) is 1.86. The van der Waals surface area contributed by atoms with Crippen LogP contribution in [0.2, 0.25) is 0 Å². The van der Waals surface area contributed by atoms with Gasteiger partial charge in [0, 0.05) is 19.0 Å². The van der Waals surface area contributed by atoms with Crippen molar-refractivity contribution in [1.29, 1.82) is 0 Å². The van der Waals surface area contributed by atoms with E-state index in [4.69, 9.17) is 4.74 Å². The molecule has 1 fully saturated rings. The highest BCUT2D eigenvalue weighted by atomic mass is 16.5. The summed E-state index contributed by atoms with van der Waals surface area (Å²) >= 11 is 0. The molecule has 1 aliphatic heterocycles. The van der Waals surface area contributed by atoms with E-state index in [9.17, 15) is 5.11 Å². The van der Waals surface area contributed by atoms with Gasteiger partial charge >= 0.3 is 0 Å². The lowest BCUT2D eigenvalue weighted by atomic mass is 9.99. The van der Waals surface area contributed by atoms with Crippen LogP contribution in [0.3, 0.4) is 0 Å². The van der Waals surface area contributed by atoms with Gasteiger partial charge in [-0.25, -0.2) is 0 Å². The molecule has 2 unspecified atom stereocenters. The van der Waals surface area contributed by atoms with E-state index in [-0.39, 0.29) is 6.10 Å². The van der Waals surface area contributed by atoms with Crippen LogP contribution in [0.5, 0.6) is 5.75 Å². The summed E-state index contributed by atoms with van der Waals surface area (Å²) in [7, 11) is 0. The summed E-state index contributed by atoms with van der Waals surface area (Å²) in [5.41, 5.74) is 0. The van der Waals surface area contributed by atoms with E-state index in [1.165, 1.54) is 0 Å². The van der Waals surface area contributed by atoms with Crippen LogP contribution in [0.25, 0.3) is 0 Å². The molecule has 0 radical (unpaired) electrons. The topological polar surface area (TPSA) is 41.5 Å². The monoisotopic (exact) mass is 207 g/mol. The third-order valence-electron chi connectivity index (χ3n) is 2.65. The number of nitrogens with one attached hydrogen (secondary N) is 1. The number of benzene rings is 1. The molecule has 0 amide bonds. The number of hydrogen-bond donors (Lipinski definition) is 2. The molecule has 0 aromatic heterocycles. The first-order chi connectivity index (χ1) is 7.34. The maximum absolute atomic E-state index is 9.46. The Hall–Kier alpha value is -1.06. The van der Waals surface area contributed by atoms with Crippen LogP contribution in [-0.4, -0.2) is 30.9 Å². The normalized spacial score (nSPS) is 26.2. The fourth-order valence-corrected chi connectivity index (χ4v) is 1.86. The number of ether oxygens (including phenoxy) is 1. The number of para-hydroxylation sites is 1. The molecule has 2 rings (SSSR count). The number of hydrogen-bond acceptors (Lipinski definition) is 3. The number of aliphatic hydroxyl groups excluding tert-OH is 1. The Labute approximate surface area is 90.1 Å². The largest absolute Gasteiger partial charge is 0.493 e. The lowest BCUT2D eigenvalue weighted by Gasteiger charge is -2.26. The van der Waals surface area contributed by atoms with Gasteiger partial charge in [-0.15, -0.1) is 0 Å². The zero-order valence-corrected chi connectivity index (χ0v) is 8.73. The molecule has 3 heteroatoms. The second kappa shape index (κ2) is 5.14. The average Bonchev–Trinajstić information content (AvgIpc) is 2.28. The van der Waals surface area contributed by atoms with Gasteiger partial charge in [0.2, 0.25) is 0 Å². The molecule has 0 spiro atoms. The smallest absolute Gasteiger partial charge is 0.119 e. The molecule has 1 heterocycles. The molecule has 1 aromatic carbocycles. The highest BCUT2D eigenvalue weighted by molar-refractivity contribution is 5.20. The quantitative estimate of drug-likeness (QED) is 0.778. The van der Waals surface area contributed by atoms with Crippen LogP contribution < -0.4 is 10.1 Å². The van der Waals surface area contributed by atoms with Crippen LogP contribution in [0.1, 0.15) is 6.42 Å². The molecule has 1 aliphatic rings. The van der Waals surface area contributed by atoms with E-state index in [1.54, 1.807) is 0 Å². The Balaban J connectivity index is 1.78. The van der Waals surface area contributed by atoms with Crippen molar-refractivity contribution in [3.8, 4) is 5.75 Å². The van der Waals surface area contributed by atoms with Gasteiger partial charge in [0.15, 0.2) is 0 Å². The second-order valence-electron chi connectivity index (χ2n) is 4.04. The van der Waals surface area contributed by atoms with Crippen molar-refractivity contribution >= 4 is 0 Å². The van der Waals surface area contributed by atoms with Gasteiger partial charge in [-0.3, -0.25) is 0 Å². The molecule has 0 bridgehead atoms. The predicted molar refractivity (Wildman–Crippen MR) is 58.9 cm³/mol. The van der Waals surface area contributed by atoms with Crippen molar-refractivity contribution in [3.63, 3.8) is 0 Å². The summed E-state index contributed by atoms with van der Waals surface area (Å²) in [6.07, 6.45) is 0.614. The van der Waals surface area contributed by atoms with Crippen molar-refractivity contribution < 1.29 is 9.84 Å². The van der Waals surface area contributed by atoms with Crippen LogP contribution in [0, 0.1) is 5.92 Å². The van der Waals surface area contributed by atoms with E-state index >= 15 is 0 Å². The summed E-state index contributed by atoms with van der Waals surface area (Å²) in [4.78, 5) is 0. The van der Waals surface area contributed by atoms with Gasteiger partial charge in [0.05, 0.1) is 12.7 Å². The first-order valence-corrected chi connectivity index (χ1v) is 5.41. The minimum atomic E-state index is -0.219. The van der Waals surface area contributed by atoms with Gasteiger partial charge in [-0.1, -0.05) is 18.2 Å². The highest BCUT2D eigenvalue weighted by Crippen LogP contribution is 2.14. The van der Waals surface area contributed by atoms with E-state index in [1.807, 2.05) is 30.3 Å². The summed E-state index contributed by atoms with van der Waals surface area (Å²) < 4.78 is 5.64. The minimum Gasteiger partial charge on any atom is -0.493 e. The molecule has 2 atom stereocenters. The van der Waals surface area contributed by atoms with Crippen LogP contribution in [-0.2, 0) is 0 Å². The van der Waals surface area contributed by atoms with E-state index < -0.39 is 0 Å². The van der Waals surface area contributed by atoms with E-state index in [0.717, 1.165) is 18.7 Å². The molecule has 2 N–H and O–H groups in total. The Morgan fingerprint density at radius 1 is 1.27 bits per heavy atom. The first-order valence-electron chi connectivity index (χ1n) is 5.41. The second-order valence-corrected chi connectivity index (χ2v) is 4.04.